The van der Waals surface area contributed by atoms with Gasteiger partial charge in [-0.05, 0) is 37.9 Å². The molecule has 200 valence electrons. The molecule has 8 nitrogen and oxygen atoms in total. The van der Waals surface area contributed by atoms with Crippen LogP contribution in [0.1, 0.15) is 12.8 Å². The molecule has 2 fully saturated rings. The van der Waals surface area contributed by atoms with Gasteiger partial charge in [0.1, 0.15) is 23.6 Å². The molecule has 1 atom stereocenters. The monoisotopic (exact) mass is 545 g/mol. The number of nitrogens with zero attached hydrogens (tertiary/aromatic N) is 7. The molecular formula is C29H29ClFN7O. The quantitative estimate of drug-likeness (QED) is 0.301. The summed E-state index contributed by atoms with van der Waals surface area (Å²) in [6.45, 7) is 3.51. The van der Waals surface area contributed by atoms with E-state index in [-0.39, 0.29) is 23.3 Å². The fourth-order valence-corrected chi connectivity index (χ4v) is 5.94. The Morgan fingerprint density at radius 3 is 2.74 bits per heavy atom. The van der Waals surface area contributed by atoms with E-state index in [0.29, 0.717) is 53.9 Å². The van der Waals surface area contributed by atoms with Gasteiger partial charge in [-0.2, -0.15) is 15.2 Å². The average Bonchev–Trinajstić information content (AvgIpc) is 3.33. The Labute approximate surface area is 231 Å². The molecule has 0 N–H and O–H groups in total. The number of nitriles is 1. The normalized spacial score (nSPS) is 17.9. The average molecular weight is 546 g/mol. The summed E-state index contributed by atoms with van der Waals surface area (Å²) in [5.74, 6) is 0.323. The lowest BCUT2D eigenvalue weighted by Crippen LogP contribution is -2.48. The molecule has 10 heteroatoms. The maximum atomic E-state index is 16.4. The predicted octanol–water partition coefficient (Wildman–Crippen LogP) is 4.96. The summed E-state index contributed by atoms with van der Waals surface area (Å²) >= 11 is 6.55. The maximum Gasteiger partial charge on any atom is 0.319 e. The SMILES string of the molecule is CN(CC1CN(C#N)C1)c1nc(OC[C@@H]2CCCN2C)nc2c(F)c(-c3cccc4cccc(Cl)c34)ncc12. The lowest BCUT2D eigenvalue weighted by molar-refractivity contribution is 0.176. The van der Waals surface area contributed by atoms with Gasteiger partial charge in [0.2, 0.25) is 0 Å². The molecule has 0 aliphatic carbocycles. The number of likely N-dealkylation sites (N-methyl/N-ethyl adjacent to an activating group) is 1. The number of anilines is 1. The van der Waals surface area contributed by atoms with Crippen molar-refractivity contribution < 1.29 is 9.13 Å². The van der Waals surface area contributed by atoms with Crippen LogP contribution in [0.2, 0.25) is 5.02 Å². The Bertz CT molecular complexity index is 1580. The van der Waals surface area contributed by atoms with E-state index < -0.39 is 5.82 Å². The maximum absolute atomic E-state index is 16.4. The summed E-state index contributed by atoms with van der Waals surface area (Å²) in [6.07, 6.45) is 5.96. The molecule has 0 unspecified atom stereocenters. The summed E-state index contributed by atoms with van der Waals surface area (Å²) in [5.41, 5.74) is 0.939. The third-order valence-corrected chi connectivity index (χ3v) is 8.14. The van der Waals surface area contributed by atoms with Gasteiger partial charge in [-0.15, -0.1) is 0 Å². The predicted molar refractivity (Wildman–Crippen MR) is 150 cm³/mol. The number of ether oxygens (including phenoxy) is 1. The van der Waals surface area contributed by atoms with Gasteiger partial charge in [0.15, 0.2) is 12.0 Å². The van der Waals surface area contributed by atoms with E-state index in [0.717, 1.165) is 30.2 Å². The summed E-state index contributed by atoms with van der Waals surface area (Å²) in [5, 5.41) is 11.8. The molecule has 2 aliphatic heterocycles. The number of hydrogen-bond acceptors (Lipinski definition) is 8. The van der Waals surface area contributed by atoms with Crippen molar-refractivity contribution in [1.29, 1.82) is 5.26 Å². The first-order chi connectivity index (χ1) is 18.9. The van der Waals surface area contributed by atoms with Crippen LogP contribution >= 0.6 is 11.6 Å². The van der Waals surface area contributed by atoms with Crippen LogP contribution in [0.4, 0.5) is 10.2 Å². The van der Waals surface area contributed by atoms with Crippen molar-refractivity contribution in [3.63, 3.8) is 0 Å². The van der Waals surface area contributed by atoms with Crippen molar-refractivity contribution in [2.45, 2.75) is 18.9 Å². The van der Waals surface area contributed by atoms with Gasteiger partial charge in [-0.1, -0.05) is 41.9 Å². The lowest BCUT2D eigenvalue weighted by Gasteiger charge is -2.37. The Balaban J connectivity index is 1.43. The van der Waals surface area contributed by atoms with Gasteiger partial charge in [0.25, 0.3) is 0 Å². The zero-order valence-corrected chi connectivity index (χ0v) is 22.7. The number of aromatic nitrogens is 3. The van der Waals surface area contributed by atoms with Crippen molar-refractivity contribution in [1.82, 2.24) is 24.8 Å². The highest BCUT2D eigenvalue weighted by Crippen LogP contribution is 2.37. The van der Waals surface area contributed by atoms with Crippen LogP contribution in [0, 0.1) is 23.2 Å². The van der Waals surface area contributed by atoms with Crippen LogP contribution in [0.5, 0.6) is 6.01 Å². The minimum absolute atomic E-state index is 0.143. The minimum Gasteiger partial charge on any atom is -0.462 e. The molecule has 2 aromatic carbocycles. The Morgan fingerprint density at radius 2 is 2.00 bits per heavy atom. The molecule has 2 aromatic heterocycles. The molecule has 0 bridgehead atoms. The lowest BCUT2D eigenvalue weighted by atomic mass is 10.00. The Morgan fingerprint density at radius 1 is 1.21 bits per heavy atom. The molecule has 39 heavy (non-hydrogen) atoms. The van der Waals surface area contributed by atoms with Crippen LogP contribution in [0.3, 0.4) is 0 Å². The number of pyridine rings is 1. The van der Waals surface area contributed by atoms with E-state index >= 15 is 4.39 Å². The van der Waals surface area contributed by atoms with Gasteiger partial charge in [-0.25, -0.2) is 4.39 Å². The first-order valence-corrected chi connectivity index (χ1v) is 13.5. The van der Waals surface area contributed by atoms with Crippen LogP contribution in [-0.4, -0.2) is 77.7 Å². The van der Waals surface area contributed by atoms with Crippen molar-refractivity contribution in [3.8, 4) is 23.5 Å². The van der Waals surface area contributed by atoms with E-state index in [9.17, 15) is 0 Å². The molecule has 4 heterocycles. The van der Waals surface area contributed by atoms with Crippen LogP contribution < -0.4 is 9.64 Å². The molecule has 0 saturated carbocycles. The number of fused-ring (bicyclic) bond motifs is 2. The van der Waals surface area contributed by atoms with Crippen molar-refractivity contribution in [2.75, 3.05) is 51.8 Å². The largest absolute Gasteiger partial charge is 0.462 e. The summed E-state index contributed by atoms with van der Waals surface area (Å²) in [7, 11) is 4.00. The Hall–Kier alpha value is -3.74. The number of benzene rings is 2. The highest BCUT2D eigenvalue weighted by molar-refractivity contribution is 6.36. The number of likely N-dealkylation sites (tertiary alicyclic amines) is 2. The summed E-state index contributed by atoms with van der Waals surface area (Å²) in [4.78, 5) is 19.8. The first kappa shape index (κ1) is 25.5. The van der Waals surface area contributed by atoms with Crippen LogP contribution in [-0.2, 0) is 0 Å². The molecule has 0 spiro atoms. The Kier molecular flexibility index (Phi) is 6.83. The van der Waals surface area contributed by atoms with Crippen molar-refractivity contribution in [2.24, 2.45) is 5.92 Å². The fourth-order valence-electron chi connectivity index (χ4n) is 5.66. The van der Waals surface area contributed by atoms with Gasteiger partial charge in [0.05, 0.1) is 5.39 Å². The molecule has 0 radical (unpaired) electrons. The smallest absolute Gasteiger partial charge is 0.319 e. The van der Waals surface area contributed by atoms with Gasteiger partial charge in [-0.3, -0.25) is 4.98 Å². The van der Waals surface area contributed by atoms with Gasteiger partial charge < -0.3 is 19.4 Å². The first-order valence-electron chi connectivity index (χ1n) is 13.2. The van der Waals surface area contributed by atoms with E-state index in [2.05, 4.69) is 28.1 Å². The van der Waals surface area contributed by atoms with Gasteiger partial charge >= 0.3 is 6.01 Å². The van der Waals surface area contributed by atoms with Gasteiger partial charge in [0, 0.05) is 60.8 Å². The van der Waals surface area contributed by atoms with Crippen molar-refractivity contribution >= 4 is 39.1 Å². The molecule has 6 rings (SSSR count). The highest BCUT2D eigenvalue weighted by Gasteiger charge is 2.29. The van der Waals surface area contributed by atoms with Crippen LogP contribution in [0.15, 0.2) is 42.6 Å². The molecular weight excluding hydrogens is 517 g/mol. The number of hydrogen-bond donors (Lipinski definition) is 0. The molecule has 4 aromatic rings. The van der Waals surface area contributed by atoms with E-state index in [1.165, 1.54) is 0 Å². The third kappa shape index (κ3) is 4.79. The number of rotatable bonds is 7. The third-order valence-electron chi connectivity index (χ3n) is 7.82. The van der Waals surface area contributed by atoms with E-state index in [1.807, 2.05) is 42.3 Å². The standard InChI is InChI=1S/C29H29ClFN7O/c1-36-11-5-8-20(36)16-39-29-34-27-22(28(35-29)37(2)13-18-14-38(15-18)17-32)12-33-26(25(27)31)21-9-3-6-19-7-4-10-23(30)24(19)21/h3-4,6-7,9-10,12,18,20H,5,8,11,13-16H2,1-2H3/t20-/m0/s1. The zero-order chi connectivity index (χ0) is 27.1. The molecule has 2 aliphatic rings. The fraction of sp³-hybridized carbons (Fsp3) is 0.379. The minimum atomic E-state index is -0.542. The summed E-state index contributed by atoms with van der Waals surface area (Å²) in [6, 6.07) is 11.7. The topological polar surface area (TPSA) is 81.4 Å². The highest BCUT2D eigenvalue weighted by atomic mass is 35.5. The molecule has 0 amide bonds. The number of halogens is 2. The molecule has 2 saturated heterocycles. The second-order valence-electron chi connectivity index (χ2n) is 10.5. The summed E-state index contributed by atoms with van der Waals surface area (Å²) < 4.78 is 22.4. The van der Waals surface area contributed by atoms with Crippen LogP contribution in [0.25, 0.3) is 32.9 Å². The zero-order valence-electron chi connectivity index (χ0n) is 21.9. The van der Waals surface area contributed by atoms with Crippen molar-refractivity contribution in [3.05, 3.63) is 53.4 Å². The van der Waals surface area contributed by atoms with E-state index in [1.54, 1.807) is 17.2 Å². The van der Waals surface area contributed by atoms with E-state index in [4.69, 9.17) is 26.6 Å². The second kappa shape index (κ2) is 10.4. The second-order valence-corrected chi connectivity index (χ2v) is 10.9.